The van der Waals surface area contributed by atoms with Crippen LogP contribution in [0.3, 0.4) is 0 Å². The van der Waals surface area contributed by atoms with Gasteiger partial charge in [-0.3, -0.25) is 0 Å². The van der Waals surface area contributed by atoms with Crippen LogP contribution in [0, 0.1) is 6.92 Å². The zero-order valence-corrected chi connectivity index (χ0v) is 11.1. The van der Waals surface area contributed by atoms with Crippen LogP contribution in [0.2, 0.25) is 0 Å². The maximum Gasteiger partial charge on any atom is 0.120 e. The predicted molar refractivity (Wildman–Crippen MR) is 71.5 cm³/mol. The van der Waals surface area contributed by atoms with Gasteiger partial charge < -0.3 is 10.1 Å². The maximum atomic E-state index is 5.77. The van der Waals surface area contributed by atoms with Crippen molar-refractivity contribution in [2.75, 3.05) is 6.54 Å². The molecular formula is C15H23NO. The first-order valence-corrected chi connectivity index (χ1v) is 6.67. The van der Waals surface area contributed by atoms with Crippen LogP contribution in [-0.4, -0.2) is 12.6 Å². The van der Waals surface area contributed by atoms with Gasteiger partial charge in [-0.1, -0.05) is 12.5 Å². The van der Waals surface area contributed by atoms with Gasteiger partial charge in [-0.2, -0.15) is 0 Å². The molecule has 1 aromatic rings. The van der Waals surface area contributed by atoms with Crippen LogP contribution in [0.4, 0.5) is 0 Å². The highest BCUT2D eigenvalue weighted by Gasteiger charge is 2.17. The van der Waals surface area contributed by atoms with E-state index in [0.29, 0.717) is 6.04 Å². The van der Waals surface area contributed by atoms with Gasteiger partial charge in [-0.15, -0.1) is 0 Å². The first-order valence-electron chi connectivity index (χ1n) is 6.67. The number of nitrogens with one attached hydrogen (secondary N) is 1. The molecule has 0 aromatic heterocycles. The van der Waals surface area contributed by atoms with Crippen molar-refractivity contribution in [3.63, 3.8) is 0 Å². The molecule has 1 unspecified atom stereocenters. The fourth-order valence-electron chi connectivity index (χ4n) is 2.46. The Morgan fingerprint density at radius 3 is 2.76 bits per heavy atom. The molecule has 94 valence electrons. The molecule has 1 fully saturated rings. The van der Waals surface area contributed by atoms with Gasteiger partial charge >= 0.3 is 0 Å². The largest absolute Gasteiger partial charge is 0.491 e. The zero-order chi connectivity index (χ0) is 12.3. The predicted octanol–water partition coefficient (Wildman–Crippen LogP) is 3.60. The second-order valence-corrected chi connectivity index (χ2v) is 5.19. The molecule has 1 atom stereocenters. The Labute approximate surface area is 104 Å². The summed E-state index contributed by atoms with van der Waals surface area (Å²) in [5.74, 6) is 0.993. The molecule has 2 nitrogen and oxygen atoms in total. The summed E-state index contributed by atoms with van der Waals surface area (Å²) in [6, 6.07) is 6.96. The van der Waals surface area contributed by atoms with Crippen LogP contribution < -0.4 is 10.1 Å². The molecule has 0 saturated carbocycles. The fourth-order valence-corrected chi connectivity index (χ4v) is 2.46. The smallest absolute Gasteiger partial charge is 0.120 e. The molecule has 0 aliphatic carbocycles. The number of piperidine rings is 1. The SMILES string of the molecule is Cc1ccc(OC(C)C)cc1C1CCCCN1. The van der Waals surface area contributed by atoms with E-state index in [1.54, 1.807) is 0 Å². The quantitative estimate of drug-likeness (QED) is 0.861. The van der Waals surface area contributed by atoms with Crippen molar-refractivity contribution in [3.8, 4) is 5.75 Å². The first kappa shape index (κ1) is 12.4. The third kappa shape index (κ3) is 3.22. The Kier molecular flexibility index (Phi) is 4.06. The third-order valence-corrected chi connectivity index (χ3v) is 3.31. The van der Waals surface area contributed by atoms with Gasteiger partial charge in [0.2, 0.25) is 0 Å². The second-order valence-electron chi connectivity index (χ2n) is 5.19. The summed E-state index contributed by atoms with van der Waals surface area (Å²) in [5, 5.41) is 3.60. The molecule has 1 aromatic carbocycles. The fraction of sp³-hybridized carbons (Fsp3) is 0.600. The number of rotatable bonds is 3. The number of ether oxygens (including phenoxy) is 1. The van der Waals surface area contributed by atoms with Gasteiger partial charge in [0.1, 0.15) is 5.75 Å². The van der Waals surface area contributed by atoms with E-state index in [4.69, 9.17) is 4.74 Å². The molecule has 17 heavy (non-hydrogen) atoms. The number of hydrogen-bond acceptors (Lipinski definition) is 2. The molecule has 0 spiro atoms. The first-order chi connectivity index (χ1) is 8.16. The average Bonchev–Trinajstić information content (AvgIpc) is 2.32. The van der Waals surface area contributed by atoms with E-state index in [2.05, 4.69) is 44.3 Å². The van der Waals surface area contributed by atoms with Crippen molar-refractivity contribution < 1.29 is 4.74 Å². The van der Waals surface area contributed by atoms with E-state index in [1.165, 1.54) is 30.4 Å². The highest BCUT2D eigenvalue weighted by molar-refractivity contribution is 5.37. The molecular weight excluding hydrogens is 210 g/mol. The molecule has 0 radical (unpaired) electrons. The van der Waals surface area contributed by atoms with Gasteiger partial charge in [0, 0.05) is 6.04 Å². The van der Waals surface area contributed by atoms with Gasteiger partial charge in [0.15, 0.2) is 0 Å². The van der Waals surface area contributed by atoms with E-state index in [1.807, 2.05) is 0 Å². The average molecular weight is 233 g/mol. The molecule has 1 heterocycles. The van der Waals surface area contributed by atoms with Gasteiger partial charge in [0.05, 0.1) is 6.10 Å². The molecule has 2 rings (SSSR count). The summed E-state index contributed by atoms with van der Waals surface area (Å²) in [7, 11) is 0. The Balaban J connectivity index is 2.19. The van der Waals surface area contributed by atoms with E-state index < -0.39 is 0 Å². The second kappa shape index (κ2) is 5.54. The highest BCUT2D eigenvalue weighted by Crippen LogP contribution is 2.29. The summed E-state index contributed by atoms with van der Waals surface area (Å²) >= 11 is 0. The lowest BCUT2D eigenvalue weighted by atomic mass is 9.94. The Hall–Kier alpha value is -1.02. The lowest BCUT2D eigenvalue weighted by Gasteiger charge is -2.26. The van der Waals surface area contributed by atoms with E-state index in [-0.39, 0.29) is 6.10 Å². The van der Waals surface area contributed by atoms with E-state index in [0.717, 1.165) is 12.3 Å². The van der Waals surface area contributed by atoms with E-state index in [9.17, 15) is 0 Å². The third-order valence-electron chi connectivity index (χ3n) is 3.31. The summed E-state index contributed by atoms with van der Waals surface area (Å²) in [4.78, 5) is 0. The van der Waals surface area contributed by atoms with Crippen LogP contribution in [0.5, 0.6) is 5.75 Å². The lowest BCUT2D eigenvalue weighted by Crippen LogP contribution is -2.27. The minimum Gasteiger partial charge on any atom is -0.491 e. The summed E-state index contributed by atoms with van der Waals surface area (Å²) in [5.41, 5.74) is 2.77. The molecule has 1 N–H and O–H groups in total. The molecule has 2 heteroatoms. The van der Waals surface area contributed by atoms with Crippen molar-refractivity contribution in [2.45, 2.75) is 52.2 Å². The summed E-state index contributed by atoms with van der Waals surface area (Å²) in [6.45, 7) is 7.46. The van der Waals surface area contributed by atoms with Crippen LogP contribution >= 0.6 is 0 Å². The standard InChI is InChI=1S/C15H23NO/c1-11(2)17-13-8-7-12(3)14(10-13)15-6-4-5-9-16-15/h7-8,10-11,15-16H,4-6,9H2,1-3H3. The normalized spacial score (nSPS) is 20.6. The van der Waals surface area contributed by atoms with Gasteiger partial charge in [-0.25, -0.2) is 0 Å². The van der Waals surface area contributed by atoms with Crippen molar-refractivity contribution >= 4 is 0 Å². The van der Waals surface area contributed by atoms with Crippen LogP contribution in [-0.2, 0) is 0 Å². The molecule has 0 bridgehead atoms. The Morgan fingerprint density at radius 2 is 2.12 bits per heavy atom. The Bertz CT molecular complexity index is 367. The summed E-state index contributed by atoms with van der Waals surface area (Å²) < 4.78 is 5.77. The molecule has 1 aliphatic rings. The molecule has 1 saturated heterocycles. The minimum atomic E-state index is 0.241. The van der Waals surface area contributed by atoms with Crippen molar-refractivity contribution in [2.24, 2.45) is 0 Å². The number of aryl methyl sites for hydroxylation is 1. The van der Waals surface area contributed by atoms with Crippen molar-refractivity contribution in [1.29, 1.82) is 0 Å². The van der Waals surface area contributed by atoms with Crippen molar-refractivity contribution in [1.82, 2.24) is 5.32 Å². The highest BCUT2D eigenvalue weighted by atomic mass is 16.5. The number of hydrogen-bond donors (Lipinski definition) is 1. The monoisotopic (exact) mass is 233 g/mol. The molecule has 0 amide bonds. The minimum absolute atomic E-state index is 0.241. The summed E-state index contributed by atoms with van der Waals surface area (Å²) in [6.07, 6.45) is 4.11. The number of benzene rings is 1. The van der Waals surface area contributed by atoms with Crippen LogP contribution in [0.1, 0.15) is 50.3 Å². The zero-order valence-electron chi connectivity index (χ0n) is 11.1. The molecule has 1 aliphatic heterocycles. The van der Waals surface area contributed by atoms with Crippen molar-refractivity contribution in [3.05, 3.63) is 29.3 Å². The van der Waals surface area contributed by atoms with Gasteiger partial charge in [-0.05, 0) is 63.4 Å². The Morgan fingerprint density at radius 1 is 1.29 bits per heavy atom. The van der Waals surface area contributed by atoms with Crippen LogP contribution in [0.15, 0.2) is 18.2 Å². The van der Waals surface area contributed by atoms with Crippen LogP contribution in [0.25, 0.3) is 0 Å². The van der Waals surface area contributed by atoms with Gasteiger partial charge in [0.25, 0.3) is 0 Å². The topological polar surface area (TPSA) is 21.3 Å². The lowest BCUT2D eigenvalue weighted by molar-refractivity contribution is 0.241. The van der Waals surface area contributed by atoms with E-state index >= 15 is 0 Å². The maximum absolute atomic E-state index is 5.77.